The third-order valence-corrected chi connectivity index (χ3v) is 3.71. The summed E-state index contributed by atoms with van der Waals surface area (Å²) in [5.41, 5.74) is 1.73. The molecule has 0 saturated heterocycles. The standard InChI is InChI=1S/C15H14O2S/c1-11-9-13(8-7-12(11)10-16)18-15-6-4-3-5-14(15)17-2/h3-10H,1-2H3. The van der Waals surface area contributed by atoms with Gasteiger partial charge in [-0.15, -0.1) is 0 Å². The second kappa shape index (κ2) is 5.74. The Hall–Kier alpha value is -1.74. The molecule has 0 bridgehead atoms. The number of hydrogen-bond acceptors (Lipinski definition) is 3. The summed E-state index contributed by atoms with van der Waals surface area (Å²) in [6.07, 6.45) is 0.882. The molecule has 0 aromatic heterocycles. The predicted octanol–water partition coefficient (Wildman–Crippen LogP) is 3.97. The van der Waals surface area contributed by atoms with Gasteiger partial charge in [0, 0.05) is 10.5 Å². The zero-order valence-corrected chi connectivity index (χ0v) is 11.2. The smallest absolute Gasteiger partial charge is 0.150 e. The molecule has 0 N–H and O–H groups in total. The molecule has 18 heavy (non-hydrogen) atoms. The molecule has 0 fully saturated rings. The van der Waals surface area contributed by atoms with Crippen molar-refractivity contribution in [1.29, 1.82) is 0 Å². The Morgan fingerprint density at radius 1 is 1.17 bits per heavy atom. The molecule has 0 spiro atoms. The Kier molecular flexibility index (Phi) is 4.05. The highest BCUT2D eigenvalue weighted by atomic mass is 32.2. The summed E-state index contributed by atoms with van der Waals surface area (Å²) < 4.78 is 5.32. The fraction of sp³-hybridized carbons (Fsp3) is 0.133. The van der Waals surface area contributed by atoms with Crippen LogP contribution in [0.3, 0.4) is 0 Å². The zero-order chi connectivity index (χ0) is 13.0. The summed E-state index contributed by atoms with van der Waals surface area (Å²) in [7, 11) is 1.67. The molecule has 0 atom stereocenters. The first-order valence-corrected chi connectivity index (χ1v) is 6.43. The molecule has 0 aliphatic rings. The Morgan fingerprint density at radius 3 is 2.61 bits per heavy atom. The minimum absolute atomic E-state index is 0.736. The van der Waals surface area contributed by atoms with E-state index in [0.29, 0.717) is 0 Å². The Labute approximate surface area is 111 Å². The Morgan fingerprint density at radius 2 is 1.94 bits per heavy atom. The summed E-state index contributed by atoms with van der Waals surface area (Å²) in [6.45, 7) is 1.94. The van der Waals surface area contributed by atoms with E-state index in [1.165, 1.54) is 0 Å². The van der Waals surface area contributed by atoms with Crippen molar-refractivity contribution < 1.29 is 9.53 Å². The van der Waals surface area contributed by atoms with Crippen LogP contribution in [0.4, 0.5) is 0 Å². The second-order valence-electron chi connectivity index (χ2n) is 3.89. The first kappa shape index (κ1) is 12.7. The molecule has 2 aromatic carbocycles. The molecule has 0 radical (unpaired) electrons. The van der Waals surface area contributed by atoms with E-state index in [-0.39, 0.29) is 0 Å². The molecule has 0 saturated carbocycles. The molecule has 2 rings (SSSR count). The van der Waals surface area contributed by atoms with Gasteiger partial charge in [0.05, 0.1) is 12.0 Å². The first-order chi connectivity index (χ1) is 8.74. The lowest BCUT2D eigenvalue weighted by atomic mass is 10.1. The van der Waals surface area contributed by atoms with Crippen LogP contribution in [0.25, 0.3) is 0 Å². The number of rotatable bonds is 4. The summed E-state index contributed by atoms with van der Waals surface area (Å²) >= 11 is 1.63. The van der Waals surface area contributed by atoms with Gasteiger partial charge >= 0.3 is 0 Å². The van der Waals surface area contributed by atoms with Crippen molar-refractivity contribution in [2.45, 2.75) is 16.7 Å². The van der Waals surface area contributed by atoms with Gasteiger partial charge in [0.15, 0.2) is 0 Å². The molecule has 0 aliphatic heterocycles. The van der Waals surface area contributed by atoms with Crippen LogP contribution in [0.1, 0.15) is 15.9 Å². The summed E-state index contributed by atoms with van der Waals surface area (Å²) in [5.74, 6) is 0.861. The third kappa shape index (κ3) is 2.74. The van der Waals surface area contributed by atoms with Crippen molar-refractivity contribution in [1.82, 2.24) is 0 Å². The molecule has 0 amide bonds. The van der Waals surface area contributed by atoms with Crippen molar-refractivity contribution in [3.8, 4) is 5.75 Å². The van der Waals surface area contributed by atoms with Crippen LogP contribution in [-0.4, -0.2) is 13.4 Å². The third-order valence-electron chi connectivity index (χ3n) is 2.67. The van der Waals surface area contributed by atoms with Gasteiger partial charge in [0.25, 0.3) is 0 Å². The number of carbonyl (C=O) groups is 1. The number of benzene rings is 2. The largest absolute Gasteiger partial charge is 0.496 e. The average molecular weight is 258 g/mol. The molecule has 2 nitrogen and oxygen atoms in total. The van der Waals surface area contributed by atoms with Gasteiger partial charge in [-0.3, -0.25) is 4.79 Å². The van der Waals surface area contributed by atoms with Crippen molar-refractivity contribution in [3.63, 3.8) is 0 Å². The highest BCUT2D eigenvalue weighted by molar-refractivity contribution is 7.99. The molecule has 0 heterocycles. The van der Waals surface area contributed by atoms with E-state index in [4.69, 9.17) is 4.74 Å². The monoisotopic (exact) mass is 258 g/mol. The molecule has 3 heteroatoms. The maximum atomic E-state index is 10.8. The maximum Gasteiger partial charge on any atom is 0.150 e. The van der Waals surface area contributed by atoms with Crippen LogP contribution in [0.5, 0.6) is 5.75 Å². The molecule has 92 valence electrons. The molecular formula is C15H14O2S. The lowest BCUT2D eigenvalue weighted by molar-refractivity contribution is 0.112. The lowest BCUT2D eigenvalue weighted by Crippen LogP contribution is -1.88. The number of ether oxygens (including phenoxy) is 1. The van der Waals surface area contributed by atoms with Crippen molar-refractivity contribution in [3.05, 3.63) is 53.6 Å². The van der Waals surface area contributed by atoms with Crippen molar-refractivity contribution in [2.75, 3.05) is 7.11 Å². The summed E-state index contributed by atoms with van der Waals surface area (Å²) in [4.78, 5) is 12.9. The van der Waals surface area contributed by atoms with Crippen LogP contribution in [0.2, 0.25) is 0 Å². The minimum atomic E-state index is 0.736. The van der Waals surface area contributed by atoms with E-state index in [0.717, 1.165) is 33.0 Å². The van der Waals surface area contributed by atoms with Gasteiger partial charge in [0.2, 0.25) is 0 Å². The van der Waals surface area contributed by atoms with E-state index < -0.39 is 0 Å². The number of methoxy groups -OCH3 is 1. The fourth-order valence-corrected chi connectivity index (χ4v) is 2.70. The number of hydrogen-bond donors (Lipinski definition) is 0. The fourth-order valence-electron chi connectivity index (χ4n) is 1.67. The quantitative estimate of drug-likeness (QED) is 0.776. The molecule has 0 unspecified atom stereocenters. The van der Waals surface area contributed by atoms with E-state index in [1.807, 2.05) is 49.4 Å². The average Bonchev–Trinajstić information content (AvgIpc) is 2.39. The van der Waals surface area contributed by atoms with Gasteiger partial charge in [-0.1, -0.05) is 30.0 Å². The van der Waals surface area contributed by atoms with Crippen LogP contribution in [0, 0.1) is 6.92 Å². The highest BCUT2D eigenvalue weighted by Crippen LogP contribution is 2.35. The summed E-state index contributed by atoms with van der Waals surface area (Å²) in [6, 6.07) is 13.7. The first-order valence-electron chi connectivity index (χ1n) is 5.61. The van der Waals surface area contributed by atoms with Crippen LogP contribution < -0.4 is 4.74 Å². The number of aldehydes is 1. The number of aryl methyl sites for hydroxylation is 1. The van der Waals surface area contributed by atoms with E-state index >= 15 is 0 Å². The molecule has 2 aromatic rings. The van der Waals surface area contributed by atoms with Gasteiger partial charge < -0.3 is 4.74 Å². The number of para-hydroxylation sites is 1. The minimum Gasteiger partial charge on any atom is -0.496 e. The van der Waals surface area contributed by atoms with Crippen LogP contribution in [-0.2, 0) is 0 Å². The predicted molar refractivity (Wildman–Crippen MR) is 73.7 cm³/mol. The Balaban J connectivity index is 2.28. The maximum absolute atomic E-state index is 10.8. The van der Waals surface area contributed by atoms with Crippen LogP contribution in [0.15, 0.2) is 52.3 Å². The Bertz CT molecular complexity index is 564. The molecular weight excluding hydrogens is 244 g/mol. The van der Waals surface area contributed by atoms with Gasteiger partial charge in [-0.25, -0.2) is 0 Å². The normalized spacial score (nSPS) is 10.1. The topological polar surface area (TPSA) is 26.3 Å². The lowest BCUT2D eigenvalue weighted by Gasteiger charge is -2.08. The van der Waals surface area contributed by atoms with E-state index in [1.54, 1.807) is 18.9 Å². The van der Waals surface area contributed by atoms with Crippen molar-refractivity contribution >= 4 is 18.0 Å². The van der Waals surface area contributed by atoms with Gasteiger partial charge in [-0.2, -0.15) is 0 Å². The molecule has 0 aliphatic carbocycles. The van der Waals surface area contributed by atoms with Gasteiger partial charge in [0.1, 0.15) is 12.0 Å². The SMILES string of the molecule is COc1ccccc1Sc1ccc(C=O)c(C)c1. The van der Waals surface area contributed by atoms with Crippen LogP contribution >= 0.6 is 11.8 Å². The summed E-state index contributed by atoms with van der Waals surface area (Å²) in [5, 5.41) is 0. The number of carbonyl (C=O) groups excluding carboxylic acids is 1. The van der Waals surface area contributed by atoms with E-state index in [2.05, 4.69) is 0 Å². The highest BCUT2D eigenvalue weighted by Gasteiger charge is 2.05. The van der Waals surface area contributed by atoms with E-state index in [9.17, 15) is 4.79 Å². The van der Waals surface area contributed by atoms with Gasteiger partial charge in [-0.05, 0) is 36.8 Å². The second-order valence-corrected chi connectivity index (χ2v) is 5.00. The zero-order valence-electron chi connectivity index (χ0n) is 10.3. The van der Waals surface area contributed by atoms with Crippen molar-refractivity contribution in [2.24, 2.45) is 0 Å².